The van der Waals surface area contributed by atoms with Gasteiger partial charge in [0.05, 0.1) is 21.2 Å². The number of nitrogens with zero attached hydrogens (tertiary/aromatic N) is 1. The molecule has 1 rings (SSSR count). The van der Waals surface area contributed by atoms with E-state index in [4.69, 9.17) is 21.4 Å². The van der Waals surface area contributed by atoms with Gasteiger partial charge in [-0.3, -0.25) is 10.1 Å². The molecule has 0 aliphatic heterocycles. The summed E-state index contributed by atoms with van der Waals surface area (Å²) in [6.45, 7) is 1.21. The van der Waals surface area contributed by atoms with Crippen LogP contribution in [0, 0.1) is 10.1 Å². The van der Waals surface area contributed by atoms with E-state index in [1.54, 1.807) is 7.11 Å². The maximum absolute atomic E-state index is 11.2. The first-order valence-corrected chi connectivity index (χ1v) is 6.79. The number of carbonyl (C=O) groups is 1. The first-order valence-electron chi connectivity index (χ1n) is 6.41. The van der Waals surface area contributed by atoms with Gasteiger partial charge in [-0.1, -0.05) is 11.6 Å². The third kappa shape index (κ3) is 5.20. The van der Waals surface area contributed by atoms with Gasteiger partial charge in [0.2, 0.25) is 0 Å². The van der Waals surface area contributed by atoms with Crippen molar-refractivity contribution in [1.29, 1.82) is 0 Å². The number of nitro groups is 1. The molecular formula is C13H17ClN2O5. The smallest absolute Gasteiger partial charge is 0.338 e. The Hall–Kier alpha value is -1.86. The molecule has 116 valence electrons. The lowest BCUT2D eigenvalue weighted by Gasteiger charge is -2.11. The molecule has 0 aliphatic rings. The van der Waals surface area contributed by atoms with Crippen molar-refractivity contribution < 1.29 is 19.6 Å². The van der Waals surface area contributed by atoms with Crippen LogP contribution in [-0.2, 0) is 4.74 Å². The van der Waals surface area contributed by atoms with E-state index < -0.39 is 10.9 Å². The Kier molecular flexibility index (Phi) is 6.90. The van der Waals surface area contributed by atoms with E-state index in [1.807, 2.05) is 0 Å². The van der Waals surface area contributed by atoms with Crippen molar-refractivity contribution in [3.8, 4) is 0 Å². The number of rotatable bonds is 9. The summed E-state index contributed by atoms with van der Waals surface area (Å²) in [7, 11) is 1.63. The average molecular weight is 317 g/mol. The van der Waals surface area contributed by atoms with Gasteiger partial charge in [-0.2, -0.15) is 0 Å². The predicted octanol–water partition coefficient (Wildman–Crippen LogP) is 3.18. The first-order chi connectivity index (χ1) is 9.97. The molecule has 1 aromatic carbocycles. The molecule has 0 aromatic heterocycles. The number of nitro benzene ring substituents is 1. The van der Waals surface area contributed by atoms with Crippen LogP contribution in [0.4, 0.5) is 11.4 Å². The second-order valence-electron chi connectivity index (χ2n) is 4.39. The van der Waals surface area contributed by atoms with E-state index in [-0.39, 0.29) is 22.0 Å². The topological polar surface area (TPSA) is 102 Å². The molecule has 0 bridgehead atoms. The van der Waals surface area contributed by atoms with Crippen LogP contribution in [0.25, 0.3) is 0 Å². The standard InChI is InChI=1S/C13H17ClN2O5/c1-21-6-4-2-3-5-15-12-10(13(17)18)7-9(16(19)20)8-11(12)14/h7-8,15H,2-6H2,1H3,(H,17,18). The molecule has 0 heterocycles. The molecule has 8 heteroatoms. The molecule has 0 spiro atoms. The fourth-order valence-electron chi connectivity index (χ4n) is 1.81. The molecular weight excluding hydrogens is 300 g/mol. The van der Waals surface area contributed by atoms with Crippen LogP contribution in [0.1, 0.15) is 29.6 Å². The highest BCUT2D eigenvalue weighted by atomic mass is 35.5. The number of non-ortho nitro benzene ring substituents is 1. The summed E-state index contributed by atoms with van der Waals surface area (Å²) >= 11 is 5.93. The first kappa shape index (κ1) is 17.2. The number of nitrogens with one attached hydrogen (secondary N) is 1. The normalized spacial score (nSPS) is 10.4. The van der Waals surface area contributed by atoms with Gasteiger partial charge >= 0.3 is 5.97 Å². The Bertz CT molecular complexity index is 522. The zero-order valence-corrected chi connectivity index (χ0v) is 12.4. The quantitative estimate of drug-likeness (QED) is 0.412. The summed E-state index contributed by atoms with van der Waals surface area (Å²) in [6.07, 6.45) is 2.65. The summed E-state index contributed by atoms with van der Waals surface area (Å²) in [5.74, 6) is -1.26. The maximum atomic E-state index is 11.2. The number of methoxy groups -OCH3 is 1. The van der Waals surface area contributed by atoms with Crippen molar-refractivity contribution in [1.82, 2.24) is 0 Å². The van der Waals surface area contributed by atoms with Crippen molar-refractivity contribution in [2.24, 2.45) is 0 Å². The van der Waals surface area contributed by atoms with Gasteiger partial charge in [-0.15, -0.1) is 0 Å². The minimum Gasteiger partial charge on any atom is -0.478 e. The van der Waals surface area contributed by atoms with Crippen LogP contribution in [0.2, 0.25) is 5.02 Å². The number of aromatic carboxylic acids is 1. The Balaban J connectivity index is 2.76. The molecule has 0 unspecified atom stereocenters. The zero-order valence-electron chi connectivity index (χ0n) is 11.6. The number of halogens is 1. The molecule has 0 fully saturated rings. The highest BCUT2D eigenvalue weighted by molar-refractivity contribution is 6.34. The van der Waals surface area contributed by atoms with E-state index in [1.165, 1.54) is 0 Å². The van der Waals surface area contributed by atoms with Crippen molar-refractivity contribution in [2.45, 2.75) is 19.3 Å². The molecule has 1 aromatic rings. The highest BCUT2D eigenvalue weighted by Gasteiger charge is 2.19. The van der Waals surface area contributed by atoms with Crippen LogP contribution in [0.15, 0.2) is 12.1 Å². The van der Waals surface area contributed by atoms with Crippen molar-refractivity contribution in [3.63, 3.8) is 0 Å². The third-order valence-electron chi connectivity index (χ3n) is 2.84. The number of benzene rings is 1. The lowest BCUT2D eigenvalue weighted by Crippen LogP contribution is -2.09. The van der Waals surface area contributed by atoms with E-state index >= 15 is 0 Å². The zero-order chi connectivity index (χ0) is 15.8. The minimum atomic E-state index is -1.26. The van der Waals surface area contributed by atoms with E-state index in [0.29, 0.717) is 13.2 Å². The van der Waals surface area contributed by atoms with Crippen LogP contribution in [0.3, 0.4) is 0 Å². The molecule has 21 heavy (non-hydrogen) atoms. The number of hydrogen-bond acceptors (Lipinski definition) is 5. The third-order valence-corrected chi connectivity index (χ3v) is 3.14. The molecule has 7 nitrogen and oxygen atoms in total. The Labute approximate surface area is 127 Å². The van der Waals surface area contributed by atoms with Gasteiger partial charge in [0.25, 0.3) is 5.69 Å². The highest BCUT2D eigenvalue weighted by Crippen LogP contribution is 2.31. The summed E-state index contributed by atoms with van der Waals surface area (Å²) in [5, 5.41) is 22.8. The molecule has 0 amide bonds. The van der Waals surface area contributed by atoms with Crippen LogP contribution >= 0.6 is 11.6 Å². The lowest BCUT2D eigenvalue weighted by atomic mass is 10.1. The number of ether oxygens (including phenoxy) is 1. The van der Waals surface area contributed by atoms with E-state index in [9.17, 15) is 14.9 Å². The lowest BCUT2D eigenvalue weighted by molar-refractivity contribution is -0.384. The largest absolute Gasteiger partial charge is 0.478 e. The average Bonchev–Trinajstić information content (AvgIpc) is 2.43. The van der Waals surface area contributed by atoms with Gasteiger partial charge < -0.3 is 15.2 Å². The van der Waals surface area contributed by atoms with Crippen LogP contribution in [-0.4, -0.2) is 36.3 Å². The van der Waals surface area contributed by atoms with Gasteiger partial charge in [-0.05, 0) is 19.3 Å². The summed E-state index contributed by atoms with van der Waals surface area (Å²) < 4.78 is 4.93. The van der Waals surface area contributed by atoms with Crippen molar-refractivity contribution in [3.05, 3.63) is 32.8 Å². The minimum absolute atomic E-state index is 0.0264. The molecule has 2 N–H and O–H groups in total. The van der Waals surface area contributed by atoms with Gasteiger partial charge in [0, 0.05) is 32.4 Å². The van der Waals surface area contributed by atoms with E-state index in [0.717, 1.165) is 31.4 Å². The molecule has 0 saturated carbocycles. The number of carboxylic acids is 1. The fraction of sp³-hybridized carbons (Fsp3) is 0.462. The summed E-state index contributed by atoms with van der Waals surface area (Å²) in [4.78, 5) is 21.2. The Morgan fingerprint density at radius 2 is 2.14 bits per heavy atom. The number of anilines is 1. The van der Waals surface area contributed by atoms with Gasteiger partial charge in [-0.25, -0.2) is 4.79 Å². The van der Waals surface area contributed by atoms with Crippen molar-refractivity contribution in [2.75, 3.05) is 25.6 Å². The van der Waals surface area contributed by atoms with Crippen LogP contribution in [0.5, 0.6) is 0 Å². The fourth-order valence-corrected chi connectivity index (χ4v) is 2.09. The van der Waals surface area contributed by atoms with Gasteiger partial charge in [0.1, 0.15) is 0 Å². The predicted molar refractivity (Wildman–Crippen MR) is 79.3 cm³/mol. The number of unbranched alkanes of at least 4 members (excludes halogenated alkanes) is 2. The number of hydrogen-bond donors (Lipinski definition) is 2. The van der Waals surface area contributed by atoms with E-state index in [2.05, 4.69) is 5.32 Å². The second kappa shape index (κ2) is 8.43. The van der Waals surface area contributed by atoms with Gasteiger partial charge in [0.15, 0.2) is 0 Å². The Morgan fingerprint density at radius 3 is 2.71 bits per heavy atom. The Morgan fingerprint density at radius 1 is 1.43 bits per heavy atom. The summed E-state index contributed by atoms with van der Waals surface area (Å²) in [5.41, 5.74) is -0.337. The molecule has 0 radical (unpaired) electrons. The SMILES string of the molecule is COCCCCCNc1c(Cl)cc([N+](=O)[O-])cc1C(=O)O. The molecule has 0 aliphatic carbocycles. The van der Waals surface area contributed by atoms with Crippen molar-refractivity contribution >= 4 is 28.9 Å². The second-order valence-corrected chi connectivity index (χ2v) is 4.80. The van der Waals surface area contributed by atoms with Crippen LogP contribution < -0.4 is 5.32 Å². The molecule has 0 saturated heterocycles. The maximum Gasteiger partial charge on any atom is 0.338 e. The number of carboxylic acid groups (broad SMARTS) is 1. The monoisotopic (exact) mass is 316 g/mol. The molecule has 0 atom stereocenters. The summed E-state index contributed by atoms with van der Waals surface area (Å²) in [6, 6.07) is 2.14.